The molecule has 2 saturated heterocycles. The van der Waals surface area contributed by atoms with Crippen LogP contribution in [-0.4, -0.2) is 64.6 Å². The summed E-state index contributed by atoms with van der Waals surface area (Å²) in [6.07, 6.45) is 2.76. The second-order valence-electron chi connectivity index (χ2n) is 10.5. The van der Waals surface area contributed by atoms with Crippen LogP contribution in [0.4, 0.5) is 5.69 Å². The summed E-state index contributed by atoms with van der Waals surface area (Å²) in [6.45, 7) is 9.28. The lowest BCUT2D eigenvalue weighted by molar-refractivity contribution is -0.118. The Balaban J connectivity index is 1.47. The fourth-order valence-electron chi connectivity index (χ4n) is 6.11. The average Bonchev–Trinajstić information content (AvgIpc) is 3.19. The van der Waals surface area contributed by atoms with Crippen LogP contribution < -0.4 is 20.1 Å². The van der Waals surface area contributed by atoms with Crippen LogP contribution in [0.25, 0.3) is 0 Å². The molecule has 0 aliphatic carbocycles. The van der Waals surface area contributed by atoms with Crippen molar-refractivity contribution < 1.29 is 19.4 Å². The van der Waals surface area contributed by atoms with Gasteiger partial charge < -0.3 is 24.8 Å². The summed E-state index contributed by atoms with van der Waals surface area (Å²) < 4.78 is 12.0. The zero-order valence-corrected chi connectivity index (χ0v) is 22.5. The lowest BCUT2D eigenvalue weighted by atomic mass is 9.95. The second-order valence-corrected chi connectivity index (χ2v) is 15.2. The smallest absolute Gasteiger partial charge is 0.240 e. The maximum atomic E-state index is 12.3. The van der Waals surface area contributed by atoms with E-state index in [9.17, 15) is 9.90 Å². The third-order valence-corrected chi connectivity index (χ3v) is 12.4. The van der Waals surface area contributed by atoms with Crippen molar-refractivity contribution >= 4 is 24.9 Å². The van der Waals surface area contributed by atoms with Crippen LogP contribution in [0.3, 0.4) is 0 Å². The first kappa shape index (κ1) is 25.9. The van der Waals surface area contributed by atoms with Crippen molar-refractivity contribution in [2.24, 2.45) is 5.92 Å². The number of nitrogens with one attached hydrogen (secondary N) is 1. The van der Waals surface area contributed by atoms with Gasteiger partial charge in [-0.2, -0.15) is 0 Å². The second kappa shape index (κ2) is 11.2. The van der Waals surface area contributed by atoms with Crippen LogP contribution in [0.2, 0.25) is 18.6 Å². The number of carbonyl (C=O) groups is 1. The molecule has 0 unspecified atom stereocenters. The Morgan fingerprint density at radius 1 is 1.14 bits per heavy atom. The summed E-state index contributed by atoms with van der Waals surface area (Å²) in [5.74, 6) is 1.42. The van der Waals surface area contributed by atoms with Gasteiger partial charge in [0, 0.05) is 25.4 Å². The molecule has 2 aliphatic heterocycles. The summed E-state index contributed by atoms with van der Waals surface area (Å²) in [6, 6.07) is 16.9. The lowest BCUT2D eigenvalue weighted by Gasteiger charge is -2.36. The highest BCUT2D eigenvalue weighted by Gasteiger charge is 2.50. The minimum atomic E-state index is -1.88. The first-order valence-electron chi connectivity index (χ1n) is 12.9. The molecule has 0 bridgehead atoms. The van der Waals surface area contributed by atoms with Crippen molar-refractivity contribution in [1.29, 1.82) is 0 Å². The molecule has 190 valence electrons. The Hall–Kier alpha value is -2.19. The van der Waals surface area contributed by atoms with Gasteiger partial charge in [-0.25, -0.2) is 0 Å². The summed E-state index contributed by atoms with van der Waals surface area (Å²) >= 11 is 0. The monoisotopic (exact) mass is 496 g/mol. The number of carbonyl (C=O) groups excluding carboxylic acids is 1. The van der Waals surface area contributed by atoms with E-state index >= 15 is 0 Å². The Kier molecular flexibility index (Phi) is 8.32. The fourth-order valence-corrected chi connectivity index (χ4v) is 10.2. The van der Waals surface area contributed by atoms with E-state index in [1.807, 2.05) is 11.0 Å². The van der Waals surface area contributed by atoms with Crippen molar-refractivity contribution in [3.8, 4) is 5.75 Å². The van der Waals surface area contributed by atoms with Crippen LogP contribution in [0.15, 0.2) is 48.5 Å². The molecule has 6 nitrogen and oxygen atoms in total. The van der Waals surface area contributed by atoms with Gasteiger partial charge in [-0.15, -0.1) is 0 Å². The maximum Gasteiger partial charge on any atom is 0.240 e. The molecule has 1 amide bonds. The van der Waals surface area contributed by atoms with Gasteiger partial charge in [-0.3, -0.25) is 4.79 Å². The minimum absolute atomic E-state index is 0.0774. The largest absolute Gasteiger partial charge is 0.497 e. The molecule has 2 fully saturated rings. The van der Waals surface area contributed by atoms with E-state index in [0.717, 1.165) is 30.8 Å². The third kappa shape index (κ3) is 5.64. The highest BCUT2D eigenvalue weighted by molar-refractivity contribution is 6.91. The van der Waals surface area contributed by atoms with Crippen LogP contribution >= 0.6 is 0 Å². The number of amides is 1. The number of hydrogen-bond donors (Lipinski definition) is 2. The van der Waals surface area contributed by atoms with Gasteiger partial charge in [0.1, 0.15) is 5.75 Å². The van der Waals surface area contributed by atoms with Gasteiger partial charge in [0.2, 0.25) is 5.91 Å². The Bertz CT molecular complexity index is 997. The SMILES string of the molecule is COc1ccc([Si](C)(C)[C@H]2[C@H](C)[C@H](CCc3cccc(N4CCNCC4=O)c3)O[C@@H]2CCO)cc1. The number of benzene rings is 2. The Labute approximate surface area is 210 Å². The maximum absolute atomic E-state index is 12.3. The molecule has 7 heteroatoms. The Morgan fingerprint density at radius 3 is 2.60 bits per heavy atom. The first-order valence-corrected chi connectivity index (χ1v) is 15.9. The molecule has 2 heterocycles. The number of anilines is 1. The molecule has 2 N–H and O–H groups in total. The van der Waals surface area contributed by atoms with E-state index < -0.39 is 8.07 Å². The summed E-state index contributed by atoms with van der Waals surface area (Å²) in [5.41, 5.74) is 2.65. The van der Waals surface area contributed by atoms with Gasteiger partial charge >= 0.3 is 0 Å². The van der Waals surface area contributed by atoms with Gasteiger partial charge in [-0.05, 0) is 60.6 Å². The van der Waals surface area contributed by atoms with Crippen LogP contribution in [0.1, 0.15) is 25.3 Å². The highest BCUT2D eigenvalue weighted by Crippen LogP contribution is 2.46. The van der Waals surface area contributed by atoms with E-state index in [0.29, 0.717) is 31.0 Å². The van der Waals surface area contributed by atoms with Gasteiger partial charge in [0.15, 0.2) is 0 Å². The predicted octanol–water partition coefficient (Wildman–Crippen LogP) is 3.34. The zero-order valence-electron chi connectivity index (χ0n) is 21.5. The molecule has 0 radical (unpaired) electrons. The van der Waals surface area contributed by atoms with Crippen LogP contribution in [0.5, 0.6) is 5.75 Å². The number of methoxy groups -OCH3 is 1. The number of piperazine rings is 1. The van der Waals surface area contributed by atoms with Crippen molar-refractivity contribution in [3.63, 3.8) is 0 Å². The molecule has 0 saturated carbocycles. The van der Waals surface area contributed by atoms with Crippen LogP contribution in [-0.2, 0) is 16.0 Å². The number of aliphatic hydroxyl groups excluding tert-OH is 1. The van der Waals surface area contributed by atoms with Crippen LogP contribution in [0, 0.1) is 5.92 Å². The van der Waals surface area contributed by atoms with Crippen molar-refractivity contribution in [2.75, 3.05) is 38.3 Å². The zero-order chi connectivity index (χ0) is 25.0. The third-order valence-electron chi connectivity index (χ3n) is 8.01. The first-order chi connectivity index (χ1) is 16.8. The molecule has 4 atom stereocenters. The molecule has 2 aromatic rings. The summed E-state index contributed by atoms with van der Waals surface area (Å²) in [4.78, 5) is 14.2. The molecular formula is C28H40N2O4Si. The van der Waals surface area contributed by atoms with E-state index in [4.69, 9.17) is 9.47 Å². The molecular weight excluding hydrogens is 456 g/mol. The van der Waals surface area contributed by atoms with Gasteiger partial charge in [0.25, 0.3) is 0 Å². The summed E-state index contributed by atoms with van der Waals surface area (Å²) in [7, 11) is -0.178. The number of hydrogen-bond acceptors (Lipinski definition) is 5. The van der Waals surface area contributed by atoms with Crippen molar-refractivity contribution in [1.82, 2.24) is 5.32 Å². The molecule has 35 heavy (non-hydrogen) atoms. The predicted molar refractivity (Wildman–Crippen MR) is 143 cm³/mol. The quantitative estimate of drug-likeness (QED) is 0.521. The number of nitrogens with zero attached hydrogens (tertiary/aromatic N) is 1. The van der Waals surface area contributed by atoms with Gasteiger partial charge in [-0.1, -0.05) is 49.5 Å². The van der Waals surface area contributed by atoms with Crippen molar-refractivity contribution in [3.05, 3.63) is 54.1 Å². The molecule has 2 aliphatic rings. The minimum Gasteiger partial charge on any atom is -0.497 e. The molecule has 2 aromatic carbocycles. The van der Waals surface area contributed by atoms with Crippen molar-refractivity contribution in [2.45, 2.75) is 57.0 Å². The summed E-state index contributed by atoms with van der Waals surface area (Å²) in [5, 5.41) is 14.3. The molecule has 0 spiro atoms. The van der Waals surface area contributed by atoms with E-state index in [2.05, 4.69) is 67.8 Å². The topological polar surface area (TPSA) is 71.0 Å². The number of aryl methyl sites for hydroxylation is 1. The van der Waals surface area contributed by atoms with E-state index in [1.165, 1.54) is 10.8 Å². The van der Waals surface area contributed by atoms with E-state index in [-0.39, 0.29) is 24.7 Å². The van der Waals surface area contributed by atoms with E-state index in [1.54, 1.807) is 7.11 Å². The number of rotatable bonds is 9. The fraction of sp³-hybridized carbons (Fsp3) is 0.536. The average molecular weight is 497 g/mol. The highest BCUT2D eigenvalue weighted by atomic mass is 28.3. The molecule has 4 rings (SSSR count). The Morgan fingerprint density at radius 2 is 1.91 bits per heavy atom. The number of ether oxygens (including phenoxy) is 2. The lowest BCUT2D eigenvalue weighted by Crippen LogP contribution is -2.50. The number of aliphatic hydroxyl groups is 1. The standard InChI is InChI=1S/C28H40N2O4Si/c1-20-25(13-8-21-6-5-7-22(18-21)30-16-15-29-19-27(30)32)34-26(14-17-31)28(20)35(3,4)24-11-9-23(33-2)10-12-24/h5-7,9-12,18,20,25-26,28-29,31H,8,13-17,19H2,1-4H3/t20-,25+,26-,28+/m1/s1. The normalized spacial score (nSPS) is 25.2. The van der Waals surface area contributed by atoms with Gasteiger partial charge in [0.05, 0.1) is 33.9 Å². The molecule has 0 aromatic heterocycles.